The summed E-state index contributed by atoms with van der Waals surface area (Å²) in [4.78, 5) is 23.2. The van der Waals surface area contributed by atoms with E-state index in [-0.39, 0.29) is 17.5 Å². The van der Waals surface area contributed by atoms with Crippen molar-refractivity contribution < 1.29 is 9.59 Å². The number of benzene rings is 2. The average Bonchev–Trinajstić information content (AvgIpc) is 2.48. The molecule has 0 heterocycles. The number of hydrogen-bond donors (Lipinski definition) is 2. The predicted octanol–water partition coefficient (Wildman–Crippen LogP) is 3.02. The van der Waals surface area contributed by atoms with Gasteiger partial charge in [0.1, 0.15) is 0 Å². The maximum atomic E-state index is 12.1. The zero-order valence-corrected chi connectivity index (χ0v) is 12.4. The van der Waals surface area contributed by atoms with Gasteiger partial charge in [0.15, 0.2) is 0 Å². The standard InChI is InChI=1S/C15H12Cl2N2O2/c16-12-6-2-5-11(13(12)17)15(21)19-8-9-3-1-4-10(7-9)14(18)20/h1-7H,8H2,(H2,18,20)(H,19,21). The average molecular weight is 323 g/mol. The zero-order chi connectivity index (χ0) is 15.4. The van der Waals surface area contributed by atoms with Crippen LogP contribution in [0.15, 0.2) is 42.5 Å². The summed E-state index contributed by atoms with van der Waals surface area (Å²) in [5.74, 6) is -0.854. The van der Waals surface area contributed by atoms with Crippen molar-refractivity contribution >= 4 is 35.0 Å². The van der Waals surface area contributed by atoms with E-state index in [0.717, 1.165) is 5.56 Å². The first-order chi connectivity index (χ1) is 9.99. The van der Waals surface area contributed by atoms with Crippen molar-refractivity contribution in [3.63, 3.8) is 0 Å². The third kappa shape index (κ3) is 3.74. The molecule has 0 aliphatic heterocycles. The Morgan fingerprint density at radius 2 is 1.81 bits per heavy atom. The predicted molar refractivity (Wildman–Crippen MR) is 82.6 cm³/mol. The summed E-state index contributed by atoms with van der Waals surface area (Å²) < 4.78 is 0. The number of nitrogens with two attached hydrogens (primary N) is 1. The summed E-state index contributed by atoms with van der Waals surface area (Å²) in [6.07, 6.45) is 0. The molecule has 0 aromatic heterocycles. The molecule has 2 aromatic rings. The molecular weight excluding hydrogens is 311 g/mol. The van der Waals surface area contributed by atoms with Gasteiger partial charge in [-0.05, 0) is 29.8 Å². The first-order valence-corrected chi connectivity index (χ1v) is 6.85. The monoisotopic (exact) mass is 322 g/mol. The van der Waals surface area contributed by atoms with Crippen LogP contribution in [0.5, 0.6) is 0 Å². The number of carbonyl (C=O) groups excluding carboxylic acids is 2. The Morgan fingerprint density at radius 1 is 1.10 bits per heavy atom. The van der Waals surface area contributed by atoms with E-state index in [0.29, 0.717) is 16.1 Å². The molecular formula is C15H12Cl2N2O2. The molecule has 0 aliphatic rings. The van der Waals surface area contributed by atoms with Crippen LogP contribution in [0.1, 0.15) is 26.3 Å². The largest absolute Gasteiger partial charge is 0.366 e. The molecule has 0 bridgehead atoms. The van der Waals surface area contributed by atoms with Gasteiger partial charge in [0, 0.05) is 12.1 Å². The molecule has 21 heavy (non-hydrogen) atoms. The Hall–Kier alpha value is -2.04. The molecule has 3 N–H and O–H groups in total. The SMILES string of the molecule is NC(=O)c1cccc(CNC(=O)c2cccc(Cl)c2Cl)c1. The molecule has 2 rings (SSSR count). The van der Waals surface area contributed by atoms with E-state index in [4.69, 9.17) is 28.9 Å². The van der Waals surface area contributed by atoms with Crippen LogP contribution >= 0.6 is 23.2 Å². The van der Waals surface area contributed by atoms with Crippen LogP contribution in [0.4, 0.5) is 0 Å². The molecule has 0 saturated heterocycles. The molecule has 0 fully saturated rings. The molecule has 0 radical (unpaired) electrons. The van der Waals surface area contributed by atoms with Gasteiger partial charge in [-0.3, -0.25) is 9.59 Å². The van der Waals surface area contributed by atoms with Crippen LogP contribution in [0.3, 0.4) is 0 Å². The van der Waals surface area contributed by atoms with E-state index in [1.165, 1.54) is 0 Å². The summed E-state index contributed by atoms with van der Waals surface area (Å²) in [5.41, 5.74) is 6.66. The van der Waals surface area contributed by atoms with Gasteiger partial charge in [-0.25, -0.2) is 0 Å². The third-order valence-corrected chi connectivity index (χ3v) is 3.68. The Labute approximate surface area is 131 Å². The van der Waals surface area contributed by atoms with Crippen molar-refractivity contribution in [3.8, 4) is 0 Å². The Balaban J connectivity index is 2.09. The van der Waals surface area contributed by atoms with Crippen molar-refractivity contribution in [3.05, 3.63) is 69.2 Å². The van der Waals surface area contributed by atoms with Crippen LogP contribution in [-0.2, 0) is 6.54 Å². The van der Waals surface area contributed by atoms with Crippen LogP contribution in [0, 0.1) is 0 Å². The van der Waals surface area contributed by atoms with Crippen molar-refractivity contribution in [1.29, 1.82) is 0 Å². The van der Waals surface area contributed by atoms with Gasteiger partial charge < -0.3 is 11.1 Å². The highest BCUT2D eigenvalue weighted by Gasteiger charge is 2.12. The highest BCUT2D eigenvalue weighted by atomic mass is 35.5. The topological polar surface area (TPSA) is 72.2 Å². The van der Waals surface area contributed by atoms with Gasteiger partial charge in [-0.2, -0.15) is 0 Å². The molecule has 0 atom stereocenters. The normalized spacial score (nSPS) is 10.2. The highest BCUT2D eigenvalue weighted by Crippen LogP contribution is 2.25. The lowest BCUT2D eigenvalue weighted by molar-refractivity contribution is 0.0950. The molecule has 2 amide bonds. The molecule has 0 aliphatic carbocycles. The fourth-order valence-corrected chi connectivity index (χ4v) is 2.18. The molecule has 0 unspecified atom stereocenters. The van der Waals surface area contributed by atoms with Crippen LogP contribution in [-0.4, -0.2) is 11.8 Å². The first kappa shape index (κ1) is 15.4. The molecule has 6 heteroatoms. The Morgan fingerprint density at radius 3 is 2.52 bits per heavy atom. The number of primary amides is 1. The second kappa shape index (κ2) is 6.61. The van der Waals surface area contributed by atoms with Crippen molar-refractivity contribution in [2.24, 2.45) is 5.73 Å². The number of hydrogen-bond acceptors (Lipinski definition) is 2. The van der Waals surface area contributed by atoms with Crippen LogP contribution < -0.4 is 11.1 Å². The van der Waals surface area contributed by atoms with Gasteiger partial charge in [-0.15, -0.1) is 0 Å². The van der Waals surface area contributed by atoms with E-state index >= 15 is 0 Å². The van der Waals surface area contributed by atoms with Crippen molar-refractivity contribution in [2.75, 3.05) is 0 Å². The van der Waals surface area contributed by atoms with Crippen molar-refractivity contribution in [2.45, 2.75) is 6.54 Å². The fourth-order valence-electron chi connectivity index (χ4n) is 1.79. The highest BCUT2D eigenvalue weighted by molar-refractivity contribution is 6.43. The van der Waals surface area contributed by atoms with Crippen molar-refractivity contribution in [1.82, 2.24) is 5.32 Å². The first-order valence-electron chi connectivity index (χ1n) is 6.10. The summed E-state index contributed by atoms with van der Waals surface area (Å²) in [6, 6.07) is 11.6. The maximum Gasteiger partial charge on any atom is 0.253 e. The third-order valence-electron chi connectivity index (χ3n) is 2.86. The second-order valence-corrected chi connectivity index (χ2v) is 5.13. The lowest BCUT2D eigenvalue weighted by atomic mass is 10.1. The minimum Gasteiger partial charge on any atom is -0.366 e. The minimum absolute atomic E-state index is 0.211. The quantitative estimate of drug-likeness (QED) is 0.908. The van der Waals surface area contributed by atoms with E-state index < -0.39 is 5.91 Å². The number of halogens is 2. The smallest absolute Gasteiger partial charge is 0.253 e. The molecule has 4 nitrogen and oxygen atoms in total. The molecule has 2 aromatic carbocycles. The number of carbonyl (C=O) groups is 2. The lowest BCUT2D eigenvalue weighted by Gasteiger charge is -2.08. The summed E-state index contributed by atoms with van der Waals surface area (Å²) in [5, 5.41) is 3.25. The Bertz CT molecular complexity index is 702. The van der Waals surface area contributed by atoms with Gasteiger partial charge in [0.25, 0.3) is 5.91 Å². The number of amides is 2. The lowest BCUT2D eigenvalue weighted by Crippen LogP contribution is -2.23. The fraction of sp³-hybridized carbons (Fsp3) is 0.0667. The van der Waals surface area contributed by atoms with Gasteiger partial charge in [0.05, 0.1) is 15.6 Å². The van der Waals surface area contributed by atoms with E-state index in [1.54, 1.807) is 42.5 Å². The Kier molecular flexibility index (Phi) is 4.83. The van der Waals surface area contributed by atoms with E-state index in [2.05, 4.69) is 5.32 Å². The zero-order valence-electron chi connectivity index (χ0n) is 10.9. The van der Waals surface area contributed by atoms with Gasteiger partial charge in [-0.1, -0.05) is 41.4 Å². The maximum absolute atomic E-state index is 12.1. The van der Waals surface area contributed by atoms with Gasteiger partial charge >= 0.3 is 0 Å². The molecule has 0 saturated carbocycles. The number of rotatable bonds is 4. The molecule has 108 valence electrons. The minimum atomic E-state index is -0.513. The second-order valence-electron chi connectivity index (χ2n) is 4.35. The molecule has 0 spiro atoms. The van der Waals surface area contributed by atoms with Gasteiger partial charge in [0.2, 0.25) is 5.91 Å². The van der Waals surface area contributed by atoms with Crippen LogP contribution in [0.2, 0.25) is 10.0 Å². The summed E-state index contributed by atoms with van der Waals surface area (Å²) in [7, 11) is 0. The summed E-state index contributed by atoms with van der Waals surface area (Å²) in [6.45, 7) is 0.253. The van der Waals surface area contributed by atoms with Crippen LogP contribution in [0.25, 0.3) is 0 Å². The number of nitrogens with one attached hydrogen (secondary N) is 1. The summed E-state index contributed by atoms with van der Waals surface area (Å²) >= 11 is 11.9. The van der Waals surface area contributed by atoms with E-state index in [9.17, 15) is 9.59 Å². The van der Waals surface area contributed by atoms with E-state index in [1.807, 2.05) is 0 Å².